The van der Waals surface area contributed by atoms with Gasteiger partial charge in [0.25, 0.3) is 0 Å². The lowest BCUT2D eigenvalue weighted by Gasteiger charge is -2.33. The summed E-state index contributed by atoms with van der Waals surface area (Å²) in [5, 5.41) is 49.7. The SMILES string of the molecule is COC(=O)C1=C(C(=O)OC)C2(CNC(=O)CCOCC(COCCC(=O)NCC34C=CC(O3)C(C(=O)O)=C4C(=O)O)(COCCC(=O)NCC34C=CC(O3)C(C(=O)O)=C4C(=O)O)COCCC(=O)NCC34C=CC(O3)C(C(=O)OC)=C4C(=O)OC)C=CC1O2. The van der Waals surface area contributed by atoms with E-state index in [2.05, 4.69) is 21.3 Å². The van der Waals surface area contributed by atoms with Gasteiger partial charge in [0.05, 0.1) is 157 Å². The molecule has 8 bridgehead atoms. The maximum atomic E-state index is 13.4. The fraction of sp³-hybridized carbons (Fsp3) is 0.509. The van der Waals surface area contributed by atoms with E-state index in [1.807, 2.05) is 0 Å². The number of amides is 4. The number of carbonyl (C=O) groups excluding carboxylic acids is 8. The van der Waals surface area contributed by atoms with Crippen molar-refractivity contribution in [2.75, 3.05) is 107 Å². The minimum absolute atomic E-state index is 0.0925. The molecular weight excluding hydrogens is 1190 g/mol. The Morgan fingerprint density at radius 2 is 0.629 bits per heavy atom. The van der Waals surface area contributed by atoms with Crippen molar-refractivity contribution in [3.63, 3.8) is 0 Å². The summed E-state index contributed by atoms with van der Waals surface area (Å²) in [7, 11) is 4.46. The average molecular weight is 1250 g/mol. The van der Waals surface area contributed by atoms with E-state index >= 15 is 0 Å². The molecule has 8 atom stereocenters. The molecule has 8 aliphatic rings. The fourth-order valence-electron chi connectivity index (χ4n) is 11.4. The molecule has 0 saturated heterocycles. The number of fused-ring (bicyclic) bond motifs is 8. The minimum atomic E-state index is -1.77. The number of esters is 4. The molecule has 0 aromatic carbocycles. The second-order valence-electron chi connectivity index (χ2n) is 21.3. The first-order valence-corrected chi connectivity index (χ1v) is 27.5. The molecule has 8 rings (SSSR count). The van der Waals surface area contributed by atoms with Gasteiger partial charge in [-0.25, -0.2) is 38.4 Å². The summed E-state index contributed by atoms with van der Waals surface area (Å²) in [5.41, 5.74) is -10.7. The molecule has 0 saturated carbocycles. The summed E-state index contributed by atoms with van der Waals surface area (Å²) < 4.78 is 67.1. The van der Waals surface area contributed by atoms with Gasteiger partial charge in [-0.2, -0.15) is 0 Å². The molecule has 32 heteroatoms. The number of rotatable bonds is 36. The molecule has 8 unspecified atom stereocenters. The maximum Gasteiger partial charge on any atom is 0.337 e. The van der Waals surface area contributed by atoms with E-state index in [0.717, 1.165) is 28.4 Å². The lowest BCUT2D eigenvalue weighted by atomic mass is 9.86. The number of carboxylic acid groups (broad SMARTS) is 4. The number of hydrogen-bond acceptors (Lipinski definition) is 24. The maximum absolute atomic E-state index is 13.4. The third-order valence-corrected chi connectivity index (χ3v) is 15.6. The van der Waals surface area contributed by atoms with Gasteiger partial charge in [0.1, 0.15) is 46.8 Å². The Kier molecular flexibility index (Phi) is 20.3. The average Bonchev–Trinajstić information content (AvgIpc) is 1.64. The molecule has 0 fully saturated rings. The molecule has 480 valence electrons. The van der Waals surface area contributed by atoms with Gasteiger partial charge in [-0.05, 0) is 24.3 Å². The van der Waals surface area contributed by atoms with Crippen LogP contribution in [-0.4, -0.2) is 246 Å². The molecule has 0 aromatic heterocycles. The lowest BCUT2D eigenvalue weighted by molar-refractivity contribution is -0.139. The van der Waals surface area contributed by atoms with E-state index in [4.69, 9.17) is 56.8 Å². The molecule has 0 aliphatic carbocycles. The van der Waals surface area contributed by atoms with Crippen molar-refractivity contribution < 1.29 is 135 Å². The van der Waals surface area contributed by atoms with Crippen molar-refractivity contribution >= 4 is 71.4 Å². The first-order chi connectivity index (χ1) is 42.4. The zero-order chi connectivity index (χ0) is 64.6. The Labute approximate surface area is 504 Å². The van der Waals surface area contributed by atoms with Crippen LogP contribution in [0.2, 0.25) is 0 Å². The summed E-state index contributed by atoms with van der Waals surface area (Å²) in [5.74, 6) is -12.2. The number of carboxylic acids is 4. The highest BCUT2D eigenvalue weighted by atomic mass is 16.6. The van der Waals surface area contributed by atoms with Gasteiger partial charge in [-0.1, -0.05) is 24.3 Å². The smallest absolute Gasteiger partial charge is 0.337 e. The Hall–Kier alpha value is -8.76. The van der Waals surface area contributed by atoms with Crippen molar-refractivity contribution in [3.8, 4) is 0 Å². The zero-order valence-electron chi connectivity index (χ0n) is 48.3. The number of methoxy groups -OCH3 is 4. The van der Waals surface area contributed by atoms with Crippen LogP contribution in [0.4, 0.5) is 0 Å². The summed E-state index contributed by atoms with van der Waals surface area (Å²) in [6, 6.07) is 0. The third kappa shape index (κ3) is 13.5. The van der Waals surface area contributed by atoms with Gasteiger partial charge in [-0.3, -0.25) is 19.2 Å². The van der Waals surface area contributed by atoms with Crippen molar-refractivity contribution in [2.45, 2.75) is 72.5 Å². The molecule has 8 heterocycles. The molecule has 0 aromatic rings. The molecular formula is C57H64N4O28. The summed E-state index contributed by atoms with van der Waals surface area (Å²) in [6.07, 6.45) is 5.90. The second-order valence-corrected chi connectivity index (χ2v) is 21.3. The Bertz CT molecular complexity index is 3030. The van der Waals surface area contributed by atoms with E-state index in [1.54, 1.807) is 0 Å². The van der Waals surface area contributed by atoms with Crippen molar-refractivity contribution in [3.05, 3.63) is 93.2 Å². The lowest BCUT2D eigenvalue weighted by Crippen LogP contribution is -2.45. The Morgan fingerprint density at radius 3 is 0.865 bits per heavy atom. The molecule has 8 aliphatic heterocycles. The topological polar surface area (TPSA) is 445 Å². The van der Waals surface area contributed by atoms with Gasteiger partial charge in [0.15, 0.2) is 0 Å². The summed E-state index contributed by atoms with van der Waals surface area (Å²) >= 11 is 0. The van der Waals surface area contributed by atoms with Crippen molar-refractivity contribution in [1.82, 2.24) is 21.3 Å². The molecule has 32 nitrogen and oxygen atoms in total. The first kappa shape index (κ1) is 66.2. The third-order valence-electron chi connectivity index (χ3n) is 15.6. The molecule has 0 radical (unpaired) electrons. The molecule has 89 heavy (non-hydrogen) atoms. The summed E-state index contributed by atoms with van der Waals surface area (Å²) in [6.45, 7) is -4.26. The highest BCUT2D eigenvalue weighted by Gasteiger charge is 2.58. The van der Waals surface area contributed by atoms with E-state index in [-0.39, 0.29) is 114 Å². The van der Waals surface area contributed by atoms with E-state index in [1.165, 1.54) is 48.6 Å². The van der Waals surface area contributed by atoms with Crippen LogP contribution in [0.5, 0.6) is 0 Å². The van der Waals surface area contributed by atoms with Gasteiger partial charge < -0.3 is 98.5 Å². The molecule has 0 spiro atoms. The van der Waals surface area contributed by atoms with Crippen molar-refractivity contribution in [1.29, 1.82) is 0 Å². The van der Waals surface area contributed by atoms with E-state index in [9.17, 15) is 78.0 Å². The fourth-order valence-corrected chi connectivity index (χ4v) is 11.4. The van der Waals surface area contributed by atoms with Crippen LogP contribution in [0.25, 0.3) is 0 Å². The standard InChI is InChI=1S/C57H64N4O28/c1-78-49(74)39-31-7-15-56(88-31,43(39)51(76)80-3)23-60-35(64)11-19-84-27-53(25-82-17-9-33(62)58-21-54-13-5-29(86-54)37(45(66)67)41(54)47(70)71,26-83-18-10-34(63)59-22-55-14-6-30(87-55)38(46(68)69)42(55)48(72)73)28-85-20-12-36(65)61-24-57-16-8-32(89-57)40(50(75)79-2)44(57)52(77)81-4/h5-8,13-16,29-32H,9-12,17-28H2,1-4H3,(H,58,62)(H,59,63)(H,60,64)(H,61,65)(H,66,67)(H,68,69)(H,70,71)(H,72,73). The second kappa shape index (κ2) is 27.3. The van der Waals surface area contributed by atoms with Crippen LogP contribution in [0.15, 0.2) is 93.2 Å². The normalized spacial score (nSPS) is 26.7. The Morgan fingerprint density at radius 1 is 0.382 bits per heavy atom. The van der Waals surface area contributed by atoms with E-state index < -0.39 is 159 Å². The van der Waals surface area contributed by atoms with Gasteiger partial charge in [0, 0.05) is 25.7 Å². The van der Waals surface area contributed by atoms with Gasteiger partial charge in [-0.15, -0.1) is 0 Å². The number of carbonyl (C=O) groups is 12. The van der Waals surface area contributed by atoms with E-state index in [0.29, 0.717) is 0 Å². The van der Waals surface area contributed by atoms with Gasteiger partial charge in [0.2, 0.25) is 23.6 Å². The van der Waals surface area contributed by atoms with Crippen LogP contribution in [0.1, 0.15) is 25.7 Å². The number of nitrogens with one attached hydrogen (secondary N) is 4. The number of ether oxygens (including phenoxy) is 12. The van der Waals surface area contributed by atoms with Crippen LogP contribution in [-0.2, 0) is 114 Å². The molecule has 8 N–H and O–H groups in total. The summed E-state index contributed by atoms with van der Waals surface area (Å²) in [4.78, 5) is 153. The molecule has 4 amide bonds. The monoisotopic (exact) mass is 1250 g/mol. The van der Waals surface area contributed by atoms with Crippen LogP contribution in [0.3, 0.4) is 0 Å². The number of hydrogen-bond donors (Lipinski definition) is 8. The highest BCUT2D eigenvalue weighted by molar-refractivity contribution is 6.07. The first-order valence-electron chi connectivity index (χ1n) is 27.5. The van der Waals surface area contributed by atoms with Crippen LogP contribution < -0.4 is 21.3 Å². The van der Waals surface area contributed by atoms with Crippen LogP contribution >= 0.6 is 0 Å². The quantitative estimate of drug-likeness (QED) is 0.0135. The van der Waals surface area contributed by atoms with Crippen LogP contribution in [0, 0.1) is 5.41 Å². The van der Waals surface area contributed by atoms with Crippen molar-refractivity contribution in [2.24, 2.45) is 5.41 Å². The predicted molar refractivity (Wildman–Crippen MR) is 290 cm³/mol. The predicted octanol–water partition coefficient (Wildman–Crippen LogP) is -2.89. The van der Waals surface area contributed by atoms with Gasteiger partial charge >= 0.3 is 47.8 Å². The Balaban J connectivity index is 0.945. The highest BCUT2D eigenvalue weighted by Crippen LogP contribution is 2.47. The number of aliphatic carboxylic acids is 4. The largest absolute Gasteiger partial charge is 0.478 e. The zero-order valence-corrected chi connectivity index (χ0v) is 48.3. The minimum Gasteiger partial charge on any atom is -0.478 e.